The minimum atomic E-state index is 0.0801. The summed E-state index contributed by atoms with van der Waals surface area (Å²) in [7, 11) is 0. The number of hydrogen-bond acceptors (Lipinski definition) is 3. The van der Waals surface area contributed by atoms with Crippen molar-refractivity contribution >= 4 is 23.2 Å². The van der Waals surface area contributed by atoms with Crippen LogP contribution in [0.15, 0.2) is 18.2 Å². The van der Waals surface area contributed by atoms with Gasteiger partial charge in [0, 0.05) is 25.1 Å². The van der Waals surface area contributed by atoms with Gasteiger partial charge in [-0.3, -0.25) is 4.90 Å². The summed E-state index contributed by atoms with van der Waals surface area (Å²) in [5.41, 5.74) is 0.0801. The molecule has 0 bridgehead atoms. The topological polar surface area (TPSA) is 32.7 Å². The number of nitrogens with zero attached hydrogens (tertiary/aromatic N) is 1. The van der Waals surface area contributed by atoms with E-state index in [1.165, 1.54) is 0 Å². The van der Waals surface area contributed by atoms with Gasteiger partial charge in [0.05, 0.1) is 10.0 Å². The number of para-hydroxylation sites is 1. The van der Waals surface area contributed by atoms with Crippen molar-refractivity contribution < 1.29 is 9.84 Å². The fourth-order valence-electron chi connectivity index (χ4n) is 3.06. The van der Waals surface area contributed by atoms with E-state index in [0.717, 1.165) is 38.9 Å². The summed E-state index contributed by atoms with van der Waals surface area (Å²) in [5, 5.41) is 10.7. The molecule has 1 heterocycles. The molecule has 1 saturated heterocycles. The summed E-state index contributed by atoms with van der Waals surface area (Å²) >= 11 is 12.2. The lowest BCUT2D eigenvalue weighted by molar-refractivity contribution is 0.115. The van der Waals surface area contributed by atoms with Crippen molar-refractivity contribution in [1.29, 1.82) is 0 Å². The Bertz CT molecular complexity index is 449. The van der Waals surface area contributed by atoms with Gasteiger partial charge in [-0.05, 0) is 31.5 Å². The largest absolute Gasteiger partial charge is 0.489 e. The fourth-order valence-corrected chi connectivity index (χ4v) is 3.56. The lowest BCUT2D eigenvalue weighted by atomic mass is 9.83. The average Bonchev–Trinajstić information content (AvgIpc) is 2.87. The summed E-state index contributed by atoms with van der Waals surface area (Å²) in [4.78, 5) is 2.34. The fraction of sp³-hybridized carbons (Fsp3) is 0.625. The molecular weight excluding hydrogens is 309 g/mol. The zero-order chi connectivity index (χ0) is 15.3. The van der Waals surface area contributed by atoms with E-state index in [9.17, 15) is 5.11 Å². The molecule has 1 aromatic carbocycles. The lowest BCUT2D eigenvalue weighted by Crippen LogP contribution is -2.32. The molecule has 0 aromatic heterocycles. The van der Waals surface area contributed by atoms with Crippen LogP contribution in [-0.2, 0) is 0 Å². The first kappa shape index (κ1) is 16.9. The summed E-state index contributed by atoms with van der Waals surface area (Å²) in [6, 6.07) is 5.35. The average molecular weight is 332 g/mol. The Morgan fingerprint density at radius 3 is 2.67 bits per heavy atom. The molecule has 118 valence electrons. The first-order valence-electron chi connectivity index (χ1n) is 7.50. The number of hydrogen-bond donors (Lipinski definition) is 1. The van der Waals surface area contributed by atoms with Gasteiger partial charge in [-0.1, -0.05) is 42.6 Å². The first-order chi connectivity index (χ1) is 10.1. The molecule has 0 aliphatic carbocycles. The van der Waals surface area contributed by atoms with Crippen LogP contribution >= 0.6 is 23.2 Å². The Hall–Kier alpha value is -0.480. The molecule has 1 unspecified atom stereocenters. The second kappa shape index (κ2) is 7.68. The highest BCUT2D eigenvalue weighted by atomic mass is 35.5. The number of rotatable bonds is 7. The summed E-state index contributed by atoms with van der Waals surface area (Å²) in [5.74, 6) is 0.557. The summed E-state index contributed by atoms with van der Waals surface area (Å²) in [6.07, 6.45) is 3.25. The molecule has 1 aliphatic rings. The Morgan fingerprint density at radius 1 is 1.33 bits per heavy atom. The maximum Gasteiger partial charge on any atom is 0.156 e. The van der Waals surface area contributed by atoms with Crippen LogP contribution in [0.4, 0.5) is 0 Å². The predicted octanol–water partition coefficient (Wildman–Crippen LogP) is 3.86. The third-order valence-corrected chi connectivity index (χ3v) is 4.80. The molecule has 21 heavy (non-hydrogen) atoms. The second-order valence-corrected chi connectivity index (χ2v) is 6.65. The zero-order valence-electron chi connectivity index (χ0n) is 12.4. The number of likely N-dealkylation sites (tertiary alicyclic amines) is 1. The van der Waals surface area contributed by atoms with Gasteiger partial charge >= 0.3 is 0 Å². The molecule has 0 amide bonds. The van der Waals surface area contributed by atoms with Crippen molar-refractivity contribution in [1.82, 2.24) is 4.90 Å². The van der Waals surface area contributed by atoms with Crippen LogP contribution in [0.25, 0.3) is 0 Å². The molecule has 0 saturated carbocycles. The monoisotopic (exact) mass is 331 g/mol. The second-order valence-electron chi connectivity index (χ2n) is 5.83. The highest BCUT2D eigenvalue weighted by Crippen LogP contribution is 2.35. The van der Waals surface area contributed by atoms with Gasteiger partial charge in [0.25, 0.3) is 0 Å². The van der Waals surface area contributed by atoms with E-state index in [0.29, 0.717) is 22.4 Å². The van der Waals surface area contributed by atoms with Crippen LogP contribution in [0.3, 0.4) is 0 Å². The Morgan fingerprint density at radius 2 is 2.05 bits per heavy atom. The van der Waals surface area contributed by atoms with E-state index < -0.39 is 0 Å². The highest BCUT2D eigenvalue weighted by molar-refractivity contribution is 6.37. The van der Waals surface area contributed by atoms with Crippen molar-refractivity contribution in [3.63, 3.8) is 0 Å². The van der Waals surface area contributed by atoms with Gasteiger partial charge in [-0.25, -0.2) is 0 Å². The van der Waals surface area contributed by atoms with E-state index in [1.54, 1.807) is 18.2 Å². The molecule has 2 rings (SSSR count). The zero-order valence-corrected chi connectivity index (χ0v) is 14.0. The molecule has 0 radical (unpaired) electrons. The maximum atomic E-state index is 9.65. The molecule has 5 heteroatoms. The molecule has 1 N–H and O–H groups in total. The highest BCUT2D eigenvalue weighted by Gasteiger charge is 2.36. The van der Waals surface area contributed by atoms with Gasteiger partial charge in [-0.2, -0.15) is 0 Å². The van der Waals surface area contributed by atoms with E-state index in [1.807, 2.05) is 0 Å². The molecule has 1 aliphatic heterocycles. The van der Waals surface area contributed by atoms with E-state index >= 15 is 0 Å². The third-order valence-electron chi connectivity index (χ3n) is 4.21. The first-order valence-corrected chi connectivity index (χ1v) is 8.26. The third kappa shape index (κ3) is 4.26. The maximum absolute atomic E-state index is 9.65. The van der Waals surface area contributed by atoms with E-state index in [2.05, 4.69) is 11.8 Å². The van der Waals surface area contributed by atoms with Gasteiger partial charge in [0.1, 0.15) is 6.61 Å². The van der Waals surface area contributed by atoms with Crippen LogP contribution < -0.4 is 4.74 Å². The summed E-state index contributed by atoms with van der Waals surface area (Å²) in [6.45, 7) is 5.78. The van der Waals surface area contributed by atoms with Gasteiger partial charge in [0.15, 0.2) is 5.75 Å². The Kier molecular flexibility index (Phi) is 6.18. The van der Waals surface area contributed by atoms with Crippen molar-refractivity contribution in [3.8, 4) is 5.75 Å². The van der Waals surface area contributed by atoms with Crippen LogP contribution in [0.5, 0.6) is 5.75 Å². The molecule has 3 nitrogen and oxygen atoms in total. The molecule has 1 atom stereocenters. The van der Waals surface area contributed by atoms with Crippen molar-refractivity contribution in [2.24, 2.45) is 5.41 Å². The quantitative estimate of drug-likeness (QED) is 0.823. The van der Waals surface area contributed by atoms with Crippen LogP contribution in [0, 0.1) is 5.41 Å². The SMILES string of the molecule is CCCC1(CO)CCN(CCOc2c(Cl)cccc2Cl)C1. The minimum absolute atomic E-state index is 0.0801. The van der Waals surface area contributed by atoms with Crippen molar-refractivity contribution in [3.05, 3.63) is 28.2 Å². The normalized spacial score (nSPS) is 22.7. The van der Waals surface area contributed by atoms with Crippen molar-refractivity contribution in [2.45, 2.75) is 26.2 Å². The Balaban J connectivity index is 1.82. The molecule has 1 aromatic rings. The molecule has 1 fully saturated rings. The van der Waals surface area contributed by atoms with Crippen molar-refractivity contribution in [2.75, 3.05) is 32.8 Å². The number of benzene rings is 1. The smallest absolute Gasteiger partial charge is 0.156 e. The lowest BCUT2D eigenvalue weighted by Gasteiger charge is -2.26. The minimum Gasteiger partial charge on any atom is -0.489 e. The van der Waals surface area contributed by atoms with Gasteiger partial charge in [-0.15, -0.1) is 0 Å². The van der Waals surface area contributed by atoms with Crippen LogP contribution in [0.2, 0.25) is 10.0 Å². The van der Waals surface area contributed by atoms with Gasteiger partial charge in [0.2, 0.25) is 0 Å². The molecular formula is C16H23Cl2NO2. The number of halogens is 2. The van der Waals surface area contributed by atoms with E-state index in [-0.39, 0.29) is 12.0 Å². The Labute approximate surface area is 136 Å². The van der Waals surface area contributed by atoms with E-state index in [4.69, 9.17) is 27.9 Å². The van der Waals surface area contributed by atoms with Crippen LogP contribution in [0.1, 0.15) is 26.2 Å². The molecule has 0 spiro atoms. The number of aliphatic hydroxyl groups excluding tert-OH is 1. The summed E-state index contributed by atoms with van der Waals surface area (Å²) < 4.78 is 5.72. The number of ether oxygens (including phenoxy) is 1. The standard InChI is InChI=1S/C16H23Cl2NO2/c1-2-6-16(12-20)7-8-19(11-16)9-10-21-15-13(17)4-3-5-14(15)18/h3-5,20H,2,6-12H2,1H3. The predicted molar refractivity (Wildman–Crippen MR) is 87.4 cm³/mol. The number of aliphatic hydroxyl groups is 1. The van der Waals surface area contributed by atoms with Crippen LogP contribution in [-0.4, -0.2) is 42.9 Å². The van der Waals surface area contributed by atoms with Gasteiger partial charge < -0.3 is 9.84 Å².